The molecule has 1 heterocycles. The SMILES string of the molecule is CCCc1nc2c(F)cccc2cc1CC. The highest BCUT2D eigenvalue weighted by Gasteiger charge is 2.07. The van der Waals surface area contributed by atoms with Crippen LogP contribution in [0.4, 0.5) is 4.39 Å². The van der Waals surface area contributed by atoms with Crippen molar-refractivity contribution in [2.75, 3.05) is 0 Å². The van der Waals surface area contributed by atoms with E-state index in [1.807, 2.05) is 6.07 Å². The van der Waals surface area contributed by atoms with E-state index in [0.717, 1.165) is 30.3 Å². The summed E-state index contributed by atoms with van der Waals surface area (Å²) in [6.45, 7) is 4.23. The molecule has 1 aromatic carbocycles. The lowest BCUT2D eigenvalue weighted by atomic mass is 10.0. The summed E-state index contributed by atoms with van der Waals surface area (Å²) < 4.78 is 13.6. The molecule has 0 saturated carbocycles. The van der Waals surface area contributed by atoms with Gasteiger partial charge in [-0.2, -0.15) is 0 Å². The Kier molecular flexibility index (Phi) is 3.18. The number of para-hydroxylation sites is 1. The predicted molar refractivity (Wildman–Crippen MR) is 65.1 cm³/mol. The topological polar surface area (TPSA) is 12.9 Å². The molecule has 16 heavy (non-hydrogen) atoms. The van der Waals surface area contributed by atoms with Crippen LogP contribution in [0.3, 0.4) is 0 Å². The third-order valence-corrected chi connectivity index (χ3v) is 2.83. The van der Waals surface area contributed by atoms with Crippen LogP contribution >= 0.6 is 0 Å². The monoisotopic (exact) mass is 217 g/mol. The van der Waals surface area contributed by atoms with E-state index < -0.39 is 0 Å². The Labute approximate surface area is 95.3 Å². The van der Waals surface area contributed by atoms with Gasteiger partial charge in [0.05, 0.1) is 0 Å². The first kappa shape index (κ1) is 11.1. The first-order valence-corrected chi connectivity index (χ1v) is 5.83. The van der Waals surface area contributed by atoms with Crippen molar-refractivity contribution in [2.45, 2.75) is 33.1 Å². The number of hydrogen-bond donors (Lipinski definition) is 0. The normalized spacial score (nSPS) is 10.9. The lowest BCUT2D eigenvalue weighted by molar-refractivity contribution is 0.636. The fraction of sp³-hybridized carbons (Fsp3) is 0.357. The van der Waals surface area contributed by atoms with Gasteiger partial charge in [-0.1, -0.05) is 32.4 Å². The van der Waals surface area contributed by atoms with Crippen molar-refractivity contribution in [3.05, 3.63) is 41.3 Å². The zero-order chi connectivity index (χ0) is 11.5. The Morgan fingerprint density at radius 3 is 2.75 bits per heavy atom. The van der Waals surface area contributed by atoms with Gasteiger partial charge in [-0.25, -0.2) is 9.37 Å². The Balaban J connectivity index is 2.65. The van der Waals surface area contributed by atoms with Crippen molar-refractivity contribution >= 4 is 10.9 Å². The van der Waals surface area contributed by atoms with E-state index in [4.69, 9.17) is 0 Å². The van der Waals surface area contributed by atoms with Crippen LogP contribution in [0.25, 0.3) is 10.9 Å². The molecule has 0 aliphatic rings. The molecule has 0 aliphatic heterocycles. The zero-order valence-electron chi connectivity index (χ0n) is 9.76. The fourth-order valence-electron chi connectivity index (χ4n) is 2.00. The summed E-state index contributed by atoms with van der Waals surface area (Å²) in [6, 6.07) is 7.19. The molecule has 0 spiro atoms. The summed E-state index contributed by atoms with van der Waals surface area (Å²) in [4.78, 5) is 4.46. The number of pyridine rings is 1. The molecule has 0 aliphatic carbocycles. The third-order valence-electron chi connectivity index (χ3n) is 2.83. The van der Waals surface area contributed by atoms with Crippen LogP contribution in [0.15, 0.2) is 24.3 Å². The lowest BCUT2D eigenvalue weighted by Crippen LogP contribution is -1.98. The molecule has 0 bridgehead atoms. The molecule has 2 heteroatoms. The van der Waals surface area contributed by atoms with Gasteiger partial charge in [-0.3, -0.25) is 0 Å². The molecule has 0 saturated heterocycles. The molecule has 0 atom stereocenters. The minimum absolute atomic E-state index is 0.225. The highest BCUT2D eigenvalue weighted by Crippen LogP contribution is 2.20. The van der Waals surface area contributed by atoms with Gasteiger partial charge in [-0.15, -0.1) is 0 Å². The quantitative estimate of drug-likeness (QED) is 0.760. The molecule has 0 N–H and O–H groups in total. The van der Waals surface area contributed by atoms with E-state index in [9.17, 15) is 4.39 Å². The fourth-order valence-corrected chi connectivity index (χ4v) is 2.00. The van der Waals surface area contributed by atoms with Crippen molar-refractivity contribution in [3.8, 4) is 0 Å². The number of rotatable bonds is 3. The molecule has 1 aromatic heterocycles. The maximum absolute atomic E-state index is 13.6. The third kappa shape index (κ3) is 1.92. The van der Waals surface area contributed by atoms with Crippen LogP contribution in [0.5, 0.6) is 0 Å². The van der Waals surface area contributed by atoms with Crippen molar-refractivity contribution in [1.82, 2.24) is 4.98 Å². The number of halogens is 1. The largest absolute Gasteiger partial charge is 0.249 e. The molecule has 1 nitrogen and oxygen atoms in total. The summed E-state index contributed by atoms with van der Waals surface area (Å²) in [6.07, 6.45) is 2.92. The molecule has 2 rings (SSSR count). The minimum atomic E-state index is -0.225. The summed E-state index contributed by atoms with van der Waals surface area (Å²) in [5.41, 5.74) is 2.78. The molecule has 0 unspecified atom stereocenters. The van der Waals surface area contributed by atoms with Crippen molar-refractivity contribution in [3.63, 3.8) is 0 Å². The molecule has 84 valence electrons. The van der Waals surface area contributed by atoms with Gasteiger partial charge in [0.2, 0.25) is 0 Å². The maximum Gasteiger partial charge on any atom is 0.149 e. The van der Waals surface area contributed by atoms with Crippen molar-refractivity contribution in [2.24, 2.45) is 0 Å². The summed E-state index contributed by atoms with van der Waals surface area (Å²) in [7, 11) is 0. The first-order chi connectivity index (χ1) is 7.76. The van der Waals surface area contributed by atoms with Crippen molar-refractivity contribution in [1.29, 1.82) is 0 Å². The maximum atomic E-state index is 13.6. The Bertz CT molecular complexity index is 505. The van der Waals surface area contributed by atoms with Crippen LogP contribution in [0.2, 0.25) is 0 Å². The second-order valence-corrected chi connectivity index (χ2v) is 4.01. The second kappa shape index (κ2) is 4.60. The van der Waals surface area contributed by atoms with Gasteiger partial charge >= 0.3 is 0 Å². The van der Waals surface area contributed by atoms with Crippen molar-refractivity contribution < 1.29 is 4.39 Å². The van der Waals surface area contributed by atoms with Crippen LogP contribution in [0.1, 0.15) is 31.5 Å². The first-order valence-electron chi connectivity index (χ1n) is 5.83. The molecular formula is C14H16FN. The van der Waals surface area contributed by atoms with Gasteiger partial charge in [0.15, 0.2) is 0 Å². The summed E-state index contributed by atoms with van der Waals surface area (Å²) >= 11 is 0. The Morgan fingerprint density at radius 1 is 1.25 bits per heavy atom. The Hall–Kier alpha value is -1.44. The number of nitrogens with zero attached hydrogens (tertiary/aromatic N) is 1. The van der Waals surface area contributed by atoms with E-state index in [0.29, 0.717) is 5.52 Å². The van der Waals surface area contributed by atoms with Crippen LogP contribution in [0, 0.1) is 5.82 Å². The average molecular weight is 217 g/mol. The Morgan fingerprint density at radius 2 is 2.06 bits per heavy atom. The van der Waals surface area contributed by atoms with Crippen LogP contribution in [-0.4, -0.2) is 4.98 Å². The van der Waals surface area contributed by atoms with E-state index in [1.165, 1.54) is 11.6 Å². The molecule has 0 amide bonds. The zero-order valence-corrected chi connectivity index (χ0v) is 9.76. The lowest BCUT2D eigenvalue weighted by Gasteiger charge is -2.08. The number of fused-ring (bicyclic) bond motifs is 1. The van der Waals surface area contributed by atoms with Gasteiger partial charge < -0.3 is 0 Å². The molecular weight excluding hydrogens is 201 g/mol. The highest BCUT2D eigenvalue weighted by molar-refractivity contribution is 5.80. The van der Waals surface area contributed by atoms with Crippen LogP contribution < -0.4 is 0 Å². The van der Waals surface area contributed by atoms with E-state index in [2.05, 4.69) is 24.9 Å². The molecule has 0 radical (unpaired) electrons. The van der Waals surface area contributed by atoms with Gasteiger partial charge in [0.25, 0.3) is 0 Å². The number of aryl methyl sites for hydroxylation is 2. The average Bonchev–Trinajstić information content (AvgIpc) is 2.30. The number of benzene rings is 1. The predicted octanol–water partition coefficient (Wildman–Crippen LogP) is 3.89. The highest BCUT2D eigenvalue weighted by atomic mass is 19.1. The minimum Gasteiger partial charge on any atom is -0.249 e. The second-order valence-electron chi connectivity index (χ2n) is 4.01. The summed E-state index contributed by atoms with van der Waals surface area (Å²) in [5, 5.41) is 0.900. The van der Waals surface area contributed by atoms with E-state index in [1.54, 1.807) is 6.07 Å². The molecule has 2 aromatic rings. The van der Waals surface area contributed by atoms with Gasteiger partial charge in [0.1, 0.15) is 11.3 Å². The molecule has 0 fully saturated rings. The summed E-state index contributed by atoms with van der Waals surface area (Å²) in [5.74, 6) is -0.225. The van der Waals surface area contributed by atoms with Gasteiger partial charge in [0, 0.05) is 11.1 Å². The van der Waals surface area contributed by atoms with E-state index in [-0.39, 0.29) is 5.82 Å². The van der Waals surface area contributed by atoms with Crippen LogP contribution in [-0.2, 0) is 12.8 Å². The smallest absolute Gasteiger partial charge is 0.149 e. The number of aromatic nitrogens is 1. The number of hydrogen-bond acceptors (Lipinski definition) is 1. The van der Waals surface area contributed by atoms with E-state index >= 15 is 0 Å². The standard InChI is InChI=1S/C14H16FN/c1-3-6-13-10(4-2)9-11-7-5-8-12(15)14(11)16-13/h5,7-9H,3-4,6H2,1-2H3. The van der Waals surface area contributed by atoms with Gasteiger partial charge in [-0.05, 0) is 30.5 Å².